The number of aromatic nitrogens is 1. The van der Waals surface area contributed by atoms with Crippen molar-refractivity contribution in [3.63, 3.8) is 0 Å². The van der Waals surface area contributed by atoms with Crippen molar-refractivity contribution in [2.45, 2.75) is 38.6 Å². The molecule has 0 aliphatic carbocycles. The Hall–Kier alpha value is -2.02. The third-order valence-corrected chi connectivity index (χ3v) is 6.75. The van der Waals surface area contributed by atoms with Crippen molar-refractivity contribution in [2.75, 3.05) is 0 Å². The van der Waals surface area contributed by atoms with E-state index in [0.29, 0.717) is 4.90 Å². The van der Waals surface area contributed by atoms with Gasteiger partial charge in [0.25, 0.3) is 0 Å². The molecule has 0 amide bonds. The molecule has 0 spiro atoms. The second-order valence-corrected chi connectivity index (χ2v) is 9.23. The summed E-state index contributed by atoms with van der Waals surface area (Å²) in [6, 6.07) is 13.0. The van der Waals surface area contributed by atoms with Crippen molar-refractivity contribution >= 4 is 21.4 Å². The lowest BCUT2D eigenvalue weighted by Crippen LogP contribution is -2.27. The summed E-state index contributed by atoms with van der Waals surface area (Å²) in [4.78, 5) is 4.81. The molecule has 1 heterocycles. The molecule has 0 radical (unpaired) electrons. The number of hydrogen-bond donors (Lipinski definition) is 1. The molecular weight excluding hydrogens is 364 g/mol. The highest BCUT2D eigenvalue weighted by molar-refractivity contribution is 7.89. The standard InChI is InChI=1S/C20H22N2O2S2/c1-13-5-6-14(2)20(11-13)26(23,24)22-15(3)17-7-9-18(10-8-17)19-12-25-16(4)21-19/h5-12,15,22H,1-4H3. The van der Waals surface area contributed by atoms with Crippen LogP contribution < -0.4 is 4.72 Å². The zero-order valence-electron chi connectivity index (χ0n) is 15.3. The van der Waals surface area contributed by atoms with Crippen LogP contribution in [0.25, 0.3) is 11.3 Å². The van der Waals surface area contributed by atoms with Crippen LogP contribution in [-0.2, 0) is 10.0 Å². The maximum atomic E-state index is 12.8. The van der Waals surface area contributed by atoms with Crippen LogP contribution in [0, 0.1) is 20.8 Å². The van der Waals surface area contributed by atoms with Gasteiger partial charge in [-0.05, 0) is 50.5 Å². The number of rotatable bonds is 5. The lowest BCUT2D eigenvalue weighted by atomic mass is 10.1. The quantitative estimate of drug-likeness (QED) is 0.687. The molecular formula is C20H22N2O2S2. The first-order valence-corrected chi connectivity index (χ1v) is 10.7. The molecule has 0 aliphatic rings. The van der Waals surface area contributed by atoms with Gasteiger partial charge in [-0.3, -0.25) is 0 Å². The average Bonchev–Trinajstić information content (AvgIpc) is 3.03. The highest BCUT2D eigenvalue weighted by Crippen LogP contribution is 2.25. The maximum absolute atomic E-state index is 12.8. The summed E-state index contributed by atoms with van der Waals surface area (Å²) in [5.41, 5.74) is 4.55. The van der Waals surface area contributed by atoms with Crippen LogP contribution in [0.1, 0.15) is 34.7 Å². The lowest BCUT2D eigenvalue weighted by molar-refractivity contribution is 0.566. The smallest absolute Gasteiger partial charge is 0.241 e. The Morgan fingerprint density at radius 3 is 2.35 bits per heavy atom. The maximum Gasteiger partial charge on any atom is 0.241 e. The van der Waals surface area contributed by atoms with Gasteiger partial charge in [-0.1, -0.05) is 36.4 Å². The normalized spacial score (nSPS) is 12.9. The van der Waals surface area contributed by atoms with Gasteiger partial charge in [0.1, 0.15) is 0 Å². The van der Waals surface area contributed by atoms with Gasteiger partial charge in [-0.15, -0.1) is 11.3 Å². The molecule has 1 atom stereocenters. The van der Waals surface area contributed by atoms with Crippen molar-refractivity contribution < 1.29 is 8.42 Å². The van der Waals surface area contributed by atoms with Crippen molar-refractivity contribution in [1.82, 2.24) is 9.71 Å². The fourth-order valence-electron chi connectivity index (χ4n) is 2.80. The Labute approximate surface area is 159 Å². The Kier molecular flexibility index (Phi) is 5.27. The molecule has 6 heteroatoms. The van der Waals surface area contributed by atoms with Gasteiger partial charge in [0.15, 0.2) is 0 Å². The van der Waals surface area contributed by atoms with Crippen LogP contribution in [0.4, 0.5) is 0 Å². The van der Waals surface area contributed by atoms with E-state index in [1.165, 1.54) is 0 Å². The molecule has 136 valence electrons. The van der Waals surface area contributed by atoms with Gasteiger partial charge < -0.3 is 0 Å². The third-order valence-electron chi connectivity index (χ3n) is 4.29. The fourth-order valence-corrected chi connectivity index (χ4v) is 4.98. The summed E-state index contributed by atoms with van der Waals surface area (Å²) in [5.74, 6) is 0. The molecule has 26 heavy (non-hydrogen) atoms. The highest BCUT2D eigenvalue weighted by Gasteiger charge is 2.20. The molecule has 2 aromatic carbocycles. The number of thiazole rings is 1. The van der Waals surface area contributed by atoms with Crippen molar-refractivity contribution in [2.24, 2.45) is 0 Å². The summed E-state index contributed by atoms with van der Waals surface area (Å²) >= 11 is 1.61. The number of hydrogen-bond acceptors (Lipinski definition) is 4. The topological polar surface area (TPSA) is 59.1 Å². The minimum Gasteiger partial charge on any atom is -0.242 e. The van der Waals surface area contributed by atoms with Gasteiger partial charge in [-0.25, -0.2) is 18.1 Å². The predicted molar refractivity (Wildman–Crippen MR) is 107 cm³/mol. The molecule has 3 aromatic rings. The number of nitrogens with zero attached hydrogens (tertiary/aromatic N) is 1. The Morgan fingerprint density at radius 2 is 1.73 bits per heavy atom. The van der Waals surface area contributed by atoms with Gasteiger partial charge in [-0.2, -0.15) is 0 Å². The lowest BCUT2D eigenvalue weighted by Gasteiger charge is -2.16. The number of benzene rings is 2. The fraction of sp³-hybridized carbons (Fsp3) is 0.250. The second-order valence-electron chi connectivity index (χ2n) is 6.49. The van der Waals surface area contributed by atoms with E-state index < -0.39 is 10.0 Å². The van der Waals surface area contributed by atoms with Crippen LogP contribution >= 0.6 is 11.3 Å². The van der Waals surface area contributed by atoms with E-state index in [4.69, 9.17) is 0 Å². The monoisotopic (exact) mass is 386 g/mol. The molecule has 3 rings (SSSR count). The summed E-state index contributed by atoms with van der Waals surface area (Å²) in [6.45, 7) is 7.53. The molecule has 0 saturated heterocycles. The molecule has 1 aromatic heterocycles. The zero-order valence-corrected chi connectivity index (χ0v) is 16.9. The first-order chi connectivity index (χ1) is 12.3. The molecule has 1 N–H and O–H groups in total. The third kappa shape index (κ3) is 4.03. The minimum atomic E-state index is -3.58. The minimum absolute atomic E-state index is 0.328. The SMILES string of the molecule is Cc1ccc(C)c(S(=O)(=O)NC(C)c2ccc(-c3csc(C)n3)cc2)c1. The van der Waals surface area contributed by atoms with E-state index >= 15 is 0 Å². The number of sulfonamides is 1. The van der Waals surface area contributed by atoms with Gasteiger partial charge in [0.2, 0.25) is 10.0 Å². The van der Waals surface area contributed by atoms with Gasteiger partial charge in [0, 0.05) is 17.0 Å². The van der Waals surface area contributed by atoms with Gasteiger partial charge >= 0.3 is 0 Å². The molecule has 0 saturated carbocycles. The molecule has 0 aliphatic heterocycles. The largest absolute Gasteiger partial charge is 0.242 e. The Balaban J connectivity index is 1.81. The molecule has 0 fully saturated rings. The van der Waals surface area contributed by atoms with Crippen LogP contribution in [-0.4, -0.2) is 13.4 Å². The van der Waals surface area contributed by atoms with E-state index in [0.717, 1.165) is 33.0 Å². The summed E-state index contributed by atoms with van der Waals surface area (Å²) in [5, 5.41) is 3.05. The average molecular weight is 387 g/mol. The van der Waals surface area contributed by atoms with E-state index in [2.05, 4.69) is 9.71 Å². The first kappa shape index (κ1) is 18.8. The summed E-state index contributed by atoms with van der Waals surface area (Å²) in [6.07, 6.45) is 0. The van der Waals surface area contributed by atoms with Crippen LogP contribution in [0.2, 0.25) is 0 Å². The van der Waals surface area contributed by atoms with E-state index in [-0.39, 0.29) is 6.04 Å². The predicted octanol–water partition coefficient (Wildman–Crippen LogP) is 4.77. The van der Waals surface area contributed by atoms with E-state index in [1.54, 1.807) is 17.4 Å². The Morgan fingerprint density at radius 1 is 1.04 bits per heavy atom. The molecule has 0 bridgehead atoms. The van der Waals surface area contributed by atoms with Crippen molar-refractivity contribution in [3.05, 3.63) is 69.5 Å². The molecule has 4 nitrogen and oxygen atoms in total. The number of aryl methyl sites for hydroxylation is 3. The molecule has 1 unspecified atom stereocenters. The summed E-state index contributed by atoms with van der Waals surface area (Å²) in [7, 11) is -3.58. The van der Waals surface area contributed by atoms with Crippen molar-refractivity contribution in [3.8, 4) is 11.3 Å². The van der Waals surface area contributed by atoms with Crippen LogP contribution in [0.5, 0.6) is 0 Å². The highest BCUT2D eigenvalue weighted by atomic mass is 32.2. The second kappa shape index (κ2) is 7.31. The van der Waals surface area contributed by atoms with Gasteiger partial charge in [0.05, 0.1) is 15.6 Å². The van der Waals surface area contributed by atoms with Crippen LogP contribution in [0.3, 0.4) is 0 Å². The van der Waals surface area contributed by atoms with E-state index in [1.807, 2.05) is 69.5 Å². The van der Waals surface area contributed by atoms with Crippen LogP contribution in [0.15, 0.2) is 52.7 Å². The van der Waals surface area contributed by atoms with Crippen molar-refractivity contribution in [1.29, 1.82) is 0 Å². The zero-order chi connectivity index (χ0) is 18.9. The Bertz CT molecular complexity index is 1020. The number of nitrogens with one attached hydrogen (secondary N) is 1. The summed E-state index contributed by atoms with van der Waals surface area (Å²) < 4.78 is 28.3. The first-order valence-electron chi connectivity index (χ1n) is 8.38. The van der Waals surface area contributed by atoms with E-state index in [9.17, 15) is 8.42 Å².